The van der Waals surface area contributed by atoms with Crippen LogP contribution >= 0.6 is 157 Å². The number of carboxylic acid groups (broad SMARTS) is 5. The number of hydrogen-bond acceptors (Lipinski definition) is 22. The van der Waals surface area contributed by atoms with Crippen molar-refractivity contribution in [2.24, 2.45) is 0 Å². The van der Waals surface area contributed by atoms with Gasteiger partial charge in [-0.25, -0.2) is 9.97 Å². The number of thioether (sulfide) groups is 6. The Morgan fingerprint density at radius 1 is 0.317 bits per heavy atom. The van der Waals surface area contributed by atoms with E-state index in [2.05, 4.69) is 151 Å². The first-order valence-corrected chi connectivity index (χ1v) is 56.8. The van der Waals surface area contributed by atoms with Crippen molar-refractivity contribution in [2.45, 2.75) is 242 Å². The summed E-state index contributed by atoms with van der Waals surface area (Å²) in [4.78, 5) is 65.7. The number of benzene rings is 6. The molecule has 27 heteroatoms. The summed E-state index contributed by atoms with van der Waals surface area (Å²) in [5.74, 6) is 6.22. The lowest BCUT2D eigenvalue weighted by Gasteiger charge is -2.18. The number of carbonyl (C=O) groups is 5. The number of hydrogen-bond donors (Lipinski definition) is 6. The molecule has 6 aromatic carbocycles. The Morgan fingerprint density at radius 3 is 1.17 bits per heavy atom. The molecule has 0 saturated carbocycles. The van der Waals surface area contributed by atoms with E-state index in [1.54, 1.807) is 33.3 Å². The number of aliphatic hydroxyl groups excluding tert-OH is 1. The molecule has 6 N–H and O–H groups in total. The fourth-order valence-corrected chi connectivity index (χ4v) is 27.6. The molecular weight excluding hydrogens is 1770 g/mol. The van der Waals surface area contributed by atoms with Crippen molar-refractivity contribution in [3.8, 4) is 0 Å². The predicted octanol–water partition coefficient (Wildman–Crippen LogP) is 29.1. The smallest absolute Gasteiger partial charge is 0.303 e. The molecular formula is C93H124N2O11S14. The number of aliphatic hydroxyl groups is 1. The van der Waals surface area contributed by atoms with Gasteiger partial charge in [0, 0.05) is 114 Å². The number of aromatic nitrogens is 2. The molecule has 0 spiro atoms. The van der Waals surface area contributed by atoms with E-state index >= 15 is 0 Å². The van der Waals surface area contributed by atoms with Gasteiger partial charge in [0.2, 0.25) is 0 Å². The van der Waals surface area contributed by atoms with Gasteiger partial charge in [-0.2, -0.15) is 35.3 Å². The maximum Gasteiger partial charge on any atom is 0.303 e. The summed E-state index contributed by atoms with van der Waals surface area (Å²) < 4.78 is 0. The van der Waals surface area contributed by atoms with Gasteiger partial charge >= 0.3 is 29.8 Å². The summed E-state index contributed by atoms with van der Waals surface area (Å²) in [6.07, 6.45) is 24.8. The fourth-order valence-electron chi connectivity index (χ4n) is 11.3. The number of nitrogens with zero attached hydrogens (tertiary/aromatic N) is 2. The molecule has 2 heterocycles. The van der Waals surface area contributed by atoms with E-state index in [1.807, 2.05) is 227 Å². The lowest BCUT2D eigenvalue weighted by molar-refractivity contribution is -0.138. The summed E-state index contributed by atoms with van der Waals surface area (Å²) in [6.45, 7) is 4.38. The van der Waals surface area contributed by atoms with Gasteiger partial charge in [0.15, 0.2) is 0 Å². The molecule has 120 heavy (non-hydrogen) atoms. The van der Waals surface area contributed by atoms with Crippen molar-refractivity contribution in [1.29, 1.82) is 0 Å². The molecule has 6 atom stereocenters. The maximum absolute atomic E-state index is 10.7. The van der Waals surface area contributed by atoms with Crippen LogP contribution in [0.25, 0.3) is 0 Å². The fraction of sp³-hybridized carbons (Fsp3) is 0.452. The zero-order chi connectivity index (χ0) is 86.2. The first-order chi connectivity index (χ1) is 58.6. The lowest BCUT2D eigenvalue weighted by atomic mass is 10.1. The number of pyridine rings is 2. The van der Waals surface area contributed by atoms with Crippen LogP contribution in [0.2, 0.25) is 0 Å². The van der Waals surface area contributed by atoms with Crippen molar-refractivity contribution in [1.82, 2.24) is 9.97 Å². The van der Waals surface area contributed by atoms with Crippen molar-refractivity contribution < 1.29 is 54.6 Å². The van der Waals surface area contributed by atoms with E-state index in [0.29, 0.717) is 39.1 Å². The third-order valence-electron chi connectivity index (χ3n) is 17.5. The van der Waals surface area contributed by atoms with Crippen molar-refractivity contribution in [3.05, 3.63) is 247 Å². The van der Waals surface area contributed by atoms with Gasteiger partial charge in [0.1, 0.15) is 15.5 Å². The van der Waals surface area contributed by atoms with Crippen LogP contribution in [0.5, 0.6) is 0 Å². The zero-order valence-corrected chi connectivity index (χ0v) is 80.7. The van der Waals surface area contributed by atoms with Gasteiger partial charge in [0.05, 0.1) is 0 Å². The minimum atomic E-state index is -0.718. The third-order valence-corrected chi connectivity index (χ3v) is 35.4. The topological polar surface area (TPSA) is 233 Å². The van der Waals surface area contributed by atoms with Crippen LogP contribution < -0.4 is 0 Å². The standard InChI is InChI=1S/C22H28O3S2.C21H26O2S2.C18H22N2O2S4.C16H24O2S4.C16H24O2S2/c23-21(24)14-8-7-13-20(27-17-18-9-3-1-4-10-18)15-16-26-22(25)19-11-5-2-6-12-19;22-21(23)14-8-7-13-20(25-19-11-5-2-6-12-19)15-16-24-17-18-9-3-1-4-10-18;21-18(22)10-2-1-7-15(24-26-17-9-4-6-13-20-17)11-14-23-25-16-8-3-5-12-19-16;1-2-19-20-13-12-15(10-6-7-11-16(17)18)22-21-14-8-4-3-5-9-14;1-2-19-15(10-6-7-11-16(17)18)12-13-20-14-8-4-3-5-9-14/h1-6,9-12,20,22,25H,7-8,13-17H2,(H,23,24);1-6,9-12,20H,7-8,13-17H2,(H,22,23);3-6,8-9,12-13,15H,1-2,7,10-11,14H2,(H,21,22);3-5,8-9,15H,2,6-7,10-13H2,1H3,(H,17,18);3-5,8-9,15H,2,6-7,10-13H2,1H3,(H,17,18). The van der Waals surface area contributed by atoms with Gasteiger partial charge < -0.3 is 30.6 Å². The lowest BCUT2D eigenvalue weighted by Crippen LogP contribution is -2.07. The Bertz CT molecular complexity index is 3790. The van der Waals surface area contributed by atoms with E-state index in [0.717, 1.165) is 177 Å². The molecule has 2 aromatic heterocycles. The first-order valence-electron chi connectivity index (χ1n) is 41.4. The van der Waals surface area contributed by atoms with Gasteiger partial charge in [-0.15, -0.1) is 35.3 Å². The van der Waals surface area contributed by atoms with E-state index in [-0.39, 0.29) is 19.3 Å². The van der Waals surface area contributed by atoms with Crippen LogP contribution in [-0.4, -0.2) is 137 Å². The Kier molecular flexibility index (Phi) is 67.6. The molecule has 0 fully saturated rings. The molecule has 0 saturated heterocycles. The van der Waals surface area contributed by atoms with E-state index in [9.17, 15) is 29.1 Å². The Labute approximate surface area is 773 Å². The first kappa shape index (κ1) is 108. The third kappa shape index (κ3) is 62.0. The van der Waals surface area contributed by atoms with Gasteiger partial charge in [0.25, 0.3) is 0 Å². The molecule has 0 bridgehead atoms. The van der Waals surface area contributed by atoms with Crippen LogP contribution in [0.3, 0.4) is 0 Å². The number of aliphatic carboxylic acids is 5. The highest BCUT2D eigenvalue weighted by Gasteiger charge is 2.18. The number of rotatable bonds is 62. The summed E-state index contributed by atoms with van der Waals surface area (Å²) >= 11 is 11.3. The summed E-state index contributed by atoms with van der Waals surface area (Å²) in [6, 6.07) is 74.1. The molecule has 0 amide bonds. The SMILES string of the molecule is CCSC(CCCCC(=O)O)CCSc1ccccc1.CCSSCCC(CCCCC(=O)O)SSc1ccccc1.O=C(O)CCCCC(CCSC(O)c1ccccc1)SCc1ccccc1.O=C(O)CCCCC(CCSCc1ccccc1)Sc1ccccc1.O=C(O)CCCCC(CCSSc1ccccn1)SSc1ccccn1. The average Bonchev–Trinajstić information content (AvgIpc) is 0.910. The van der Waals surface area contributed by atoms with E-state index < -0.39 is 35.3 Å². The molecule has 8 aromatic rings. The second kappa shape index (κ2) is 75.0. The Balaban J connectivity index is 0.000000316. The summed E-state index contributed by atoms with van der Waals surface area (Å²) in [5.41, 5.74) is 3.15. The molecule has 6 unspecified atom stereocenters. The second-order valence-corrected chi connectivity index (χ2v) is 45.5. The molecule has 0 aliphatic carbocycles. The van der Waals surface area contributed by atoms with Crippen LogP contribution in [-0.2, 0) is 35.5 Å². The van der Waals surface area contributed by atoms with E-state index in [1.165, 1.54) is 44.4 Å². The minimum absolute atomic E-state index is 0.248. The monoisotopic (exact) mass is 1890 g/mol. The highest BCUT2D eigenvalue weighted by molar-refractivity contribution is 8.78. The highest BCUT2D eigenvalue weighted by Crippen LogP contribution is 2.41. The number of carboxylic acids is 5. The molecule has 13 nitrogen and oxygen atoms in total. The Morgan fingerprint density at radius 2 is 0.700 bits per heavy atom. The summed E-state index contributed by atoms with van der Waals surface area (Å²) in [7, 11) is 14.7. The molecule has 656 valence electrons. The average molecular weight is 1890 g/mol. The van der Waals surface area contributed by atoms with Crippen LogP contribution in [0.4, 0.5) is 0 Å². The predicted molar refractivity (Wildman–Crippen MR) is 535 cm³/mol. The quantitative estimate of drug-likeness (QED) is 0.00900. The summed E-state index contributed by atoms with van der Waals surface area (Å²) in [5, 5.41) is 58.9. The van der Waals surface area contributed by atoms with Gasteiger partial charge in [-0.1, -0.05) is 268 Å². The van der Waals surface area contributed by atoms with Crippen molar-refractivity contribution in [3.63, 3.8) is 0 Å². The van der Waals surface area contributed by atoms with Crippen LogP contribution in [0, 0.1) is 0 Å². The number of unbranched alkanes of at least 4 members (excludes halogenated alkanes) is 5. The van der Waals surface area contributed by atoms with Crippen LogP contribution in [0.1, 0.15) is 196 Å². The van der Waals surface area contributed by atoms with Gasteiger partial charge in [-0.3, -0.25) is 24.0 Å². The maximum atomic E-state index is 10.7. The highest BCUT2D eigenvalue weighted by atomic mass is 33.1. The largest absolute Gasteiger partial charge is 0.481 e. The molecule has 0 radical (unpaired) electrons. The van der Waals surface area contributed by atoms with Crippen molar-refractivity contribution in [2.75, 3.05) is 40.3 Å². The zero-order valence-electron chi connectivity index (χ0n) is 69.3. The van der Waals surface area contributed by atoms with Crippen LogP contribution in [0.15, 0.2) is 256 Å². The minimum Gasteiger partial charge on any atom is -0.481 e. The van der Waals surface area contributed by atoms with Crippen molar-refractivity contribution >= 4 is 187 Å². The Hall–Kier alpha value is -4.17. The molecule has 0 aliphatic rings. The molecule has 0 aliphatic heterocycles. The molecule has 8 rings (SSSR count). The van der Waals surface area contributed by atoms with Gasteiger partial charge in [-0.05, 0) is 218 Å². The van der Waals surface area contributed by atoms with E-state index in [4.69, 9.17) is 25.5 Å². The normalized spacial score (nSPS) is 12.4. The second-order valence-electron chi connectivity index (χ2n) is 27.4.